The first-order chi connectivity index (χ1) is 8.70. The molecule has 0 aliphatic rings. The van der Waals surface area contributed by atoms with Crippen LogP contribution < -0.4 is 5.73 Å². The van der Waals surface area contributed by atoms with Crippen molar-refractivity contribution in [2.45, 2.75) is 31.7 Å². The van der Waals surface area contributed by atoms with Gasteiger partial charge < -0.3 is 10.5 Å². The summed E-state index contributed by atoms with van der Waals surface area (Å²) in [6.07, 6.45) is 3.10. The topological polar surface area (TPSA) is 65.2 Å². The molecule has 1 aromatic rings. The lowest BCUT2D eigenvalue weighted by Gasteiger charge is -2.01. The fraction of sp³-hybridized carbons (Fsp3) is 0.500. The molecule has 0 aliphatic heterocycles. The van der Waals surface area contributed by atoms with Crippen molar-refractivity contribution in [3.8, 4) is 0 Å². The van der Waals surface area contributed by atoms with E-state index in [9.17, 15) is 4.79 Å². The number of pyridine rings is 1. The molecule has 0 spiro atoms. The summed E-state index contributed by atoms with van der Waals surface area (Å²) in [6.45, 7) is 4.63. The van der Waals surface area contributed by atoms with Gasteiger partial charge in [0.1, 0.15) is 5.03 Å². The zero-order valence-corrected chi connectivity index (χ0v) is 12.4. The van der Waals surface area contributed by atoms with Gasteiger partial charge in [-0.05, 0) is 29.3 Å². The van der Waals surface area contributed by atoms with Crippen molar-refractivity contribution in [3.63, 3.8) is 0 Å². The van der Waals surface area contributed by atoms with E-state index in [-0.39, 0.29) is 0 Å². The minimum Gasteiger partial charge on any atom is -0.450 e. The fourth-order valence-electron chi connectivity index (χ4n) is 0.789. The van der Waals surface area contributed by atoms with Gasteiger partial charge in [-0.1, -0.05) is 37.1 Å². The fourth-order valence-corrected chi connectivity index (χ4v) is 2.73. The molecular formula is C12H20N2O2S2. The van der Waals surface area contributed by atoms with Crippen molar-refractivity contribution in [2.75, 3.05) is 12.4 Å². The molecule has 0 radical (unpaired) electrons. The third-order valence-corrected chi connectivity index (χ3v) is 3.75. The van der Waals surface area contributed by atoms with Crippen LogP contribution in [0.3, 0.4) is 0 Å². The molecule has 0 bridgehead atoms. The number of ether oxygens (including phenoxy) is 1. The van der Waals surface area contributed by atoms with Gasteiger partial charge in [0.05, 0.1) is 6.61 Å². The number of aromatic nitrogens is 1. The first-order valence-corrected chi connectivity index (χ1v) is 8.15. The normalized spacial score (nSPS) is 9.22. The maximum Gasteiger partial charge on any atom is 0.404 e. The molecule has 102 valence electrons. The highest BCUT2D eigenvalue weighted by Gasteiger charge is 1.96. The molecule has 4 nitrogen and oxygen atoms in total. The van der Waals surface area contributed by atoms with Crippen molar-refractivity contribution >= 4 is 27.7 Å². The second-order valence-electron chi connectivity index (χ2n) is 3.30. The number of carbonyl (C=O) groups is 1. The molecule has 0 unspecified atom stereocenters. The molecule has 0 saturated carbocycles. The third kappa shape index (κ3) is 11.6. The second kappa shape index (κ2) is 12.6. The van der Waals surface area contributed by atoms with E-state index in [0.29, 0.717) is 6.61 Å². The number of rotatable bonds is 6. The highest BCUT2D eigenvalue weighted by molar-refractivity contribution is 8.76. The smallest absolute Gasteiger partial charge is 0.404 e. The molecule has 0 atom stereocenters. The lowest BCUT2D eigenvalue weighted by atomic mass is 10.5. The van der Waals surface area contributed by atoms with E-state index in [2.05, 4.69) is 23.6 Å². The van der Waals surface area contributed by atoms with E-state index in [4.69, 9.17) is 5.73 Å². The number of carbonyl (C=O) groups excluding carboxylic acids is 1. The summed E-state index contributed by atoms with van der Waals surface area (Å²) in [5.74, 6) is 0.897. The van der Waals surface area contributed by atoms with Crippen LogP contribution in [0.25, 0.3) is 0 Å². The van der Waals surface area contributed by atoms with Crippen LogP contribution in [0.5, 0.6) is 0 Å². The molecule has 1 amide bonds. The molecule has 0 aromatic carbocycles. The van der Waals surface area contributed by atoms with Gasteiger partial charge in [0.2, 0.25) is 0 Å². The van der Waals surface area contributed by atoms with Gasteiger partial charge in [0.25, 0.3) is 0 Å². The number of hydrogen-bond acceptors (Lipinski definition) is 5. The predicted octanol–water partition coefficient (Wildman–Crippen LogP) is 3.72. The van der Waals surface area contributed by atoms with Crippen LogP contribution in [0, 0.1) is 0 Å². The quantitative estimate of drug-likeness (QED) is 0.638. The summed E-state index contributed by atoms with van der Waals surface area (Å²) in [6, 6.07) is 5.79. The van der Waals surface area contributed by atoms with Gasteiger partial charge in [-0.15, -0.1) is 0 Å². The minimum atomic E-state index is -0.711. The zero-order chi connectivity index (χ0) is 13.6. The Hall–Kier alpha value is -0.880. The molecule has 0 aliphatic carbocycles. The Morgan fingerprint density at radius 1 is 1.44 bits per heavy atom. The number of nitrogens with zero attached hydrogens (tertiary/aromatic N) is 1. The van der Waals surface area contributed by atoms with E-state index in [1.807, 2.05) is 18.2 Å². The zero-order valence-electron chi connectivity index (χ0n) is 10.8. The number of nitrogens with two attached hydrogens (primary N) is 1. The largest absolute Gasteiger partial charge is 0.450 e. The first kappa shape index (κ1) is 17.1. The van der Waals surface area contributed by atoms with E-state index in [0.717, 1.165) is 17.2 Å². The lowest BCUT2D eigenvalue weighted by molar-refractivity contribution is 0.157. The molecule has 1 rings (SSSR count). The maximum absolute atomic E-state index is 10.2. The summed E-state index contributed by atoms with van der Waals surface area (Å²) in [5, 5.41) is 0.985. The average molecular weight is 288 g/mol. The van der Waals surface area contributed by atoms with Crippen LogP contribution in [0.2, 0.25) is 0 Å². The van der Waals surface area contributed by atoms with Gasteiger partial charge >= 0.3 is 6.09 Å². The Kier molecular flexibility index (Phi) is 12.0. The Morgan fingerprint density at radius 3 is 2.72 bits per heavy atom. The number of amides is 1. The molecule has 0 saturated heterocycles. The standard InChI is InChI=1S/C9H12N2O2S2.C3H8/c10-9(12)13-6-3-7-14-15-8-4-1-2-5-11-8;1-3-2/h1-2,4-5H,3,6-7H2,(H2,10,12);3H2,1-2H3. The highest BCUT2D eigenvalue weighted by atomic mass is 33.1. The Bertz CT molecular complexity index is 310. The van der Waals surface area contributed by atoms with Gasteiger partial charge in [-0.2, -0.15) is 0 Å². The van der Waals surface area contributed by atoms with Gasteiger partial charge in [0.15, 0.2) is 0 Å². The summed E-state index contributed by atoms with van der Waals surface area (Å²) in [5.41, 5.74) is 4.82. The van der Waals surface area contributed by atoms with E-state index < -0.39 is 6.09 Å². The highest BCUT2D eigenvalue weighted by Crippen LogP contribution is 2.29. The van der Waals surface area contributed by atoms with Crippen LogP contribution in [-0.4, -0.2) is 23.4 Å². The maximum atomic E-state index is 10.2. The summed E-state index contributed by atoms with van der Waals surface area (Å²) in [7, 11) is 3.29. The predicted molar refractivity (Wildman–Crippen MR) is 78.7 cm³/mol. The minimum absolute atomic E-state index is 0.380. The average Bonchev–Trinajstić information content (AvgIpc) is 2.35. The number of primary amides is 1. The molecule has 1 aromatic heterocycles. The molecule has 2 N–H and O–H groups in total. The Balaban J connectivity index is 0.000000873. The molecule has 6 heteroatoms. The molecule has 1 heterocycles. The lowest BCUT2D eigenvalue weighted by Crippen LogP contribution is -2.13. The second-order valence-corrected chi connectivity index (χ2v) is 5.74. The SMILES string of the molecule is CCC.NC(=O)OCCCSSc1ccccn1. The molecule has 18 heavy (non-hydrogen) atoms. The van der Waals surface area contributed by atoms with Crippen LogP contribution in [0.1, 0.15) is 26.7 Å². The van der Waals surface area contributed by atoms with Crippen molar-refractivity contribution < 1.29 is 9.53 Å². The molecular weight excluding hydrogens is 268 g/mol. The third-order valence-electron chi connectivity index (χ3n) is 1.40. The van der Waals surface area contributed by atoms with Gasteiger partial charge in [-0.3, -0.25) is 0 Å². The van der Waals surface area contributed by atoms with Crippen molar-refractivity contribution in [1.82, 2.24) is 4.98 Å². The van der Waals surface area contributed by atoms with E-state index in [1.165, 1.54) is 6.42 Å². The molecule has 0 fully saturated rings. The monoisotopic (exact) mass is 288 g/mol. The van der Waals surface area contributed by atoms with Crippen LogP contribution >= 0.6 is 21.6 Å². The summed E-state index contributed by atoms with van der Waals surface area (Å²) < 4.78 is 4.59. The first-order valence-electron chi connectivity index (χ1n) is 5.83. The summed E-state index contributed by atoms with van der Waals surface area (Å²) in [4.78, 5) is 14.4. The van der Waals surface area contributed by atoms with E-state index in [1.54, 1.807) is 27.8 Å². The van der Waals surface area contributed by atoms with Crippen LogP contribution in [0.15, 0.2) is 29.4 Å². The Morgan fingerprint density at radius 2 is 2.17 bits per heavy atom. The van der Waals surface area contributed by atoms with Crippen molar-refractivity contribution in [3.05, 3.63) is 24.4 Å². The number of hydrogen-bond donors (Lipinski definition) is 1. The van der Waals surface area contributed by atoms with Gasteiger partial charge in [0, 0.05) is 11.9 Å². The van der Waals surface area contributed by atoms with Crippen molar-refractivity contribution in [2.24, 2.45) is 5.73 Å². The van der Waals surface area contributed by atoms with Crippen LogP contribution in [0.4, 0.5) is 4.79 Å². The van der Waals surface area contributed by atoms with E-state index >= 15 is 0 Å². The van der Waals surface area contributed by atoms with Crippen LogP contribution in [-0.2, 0) is 4.74 Å². The van der Waals surface area contributed by atoms with Gasteiger partial charge in [-0.25, -0.2) is 9.78 Å². The Labute approximate surface area is 116 Å². The van der Waals surface area contributed by atoms with Crippen molar-refractivity contribution in [1.29, 1.82) is 0 Å². The summed E-state index contributed by atoms with van der Waals surface area (Å²) >= 11 is 0.